The van der Waals surface area contributed by atoms with Crippen LogP contribution in [0.15, 0.2) is 54.8 Å². The van der Waals surface area contributed by atoms with E-state index in [2.05, 4.69) is 11.5 Å². The highest BCUT2D eigenvalue weighted by atomic mass is 35.5. The van der Waals surface area contributed by atoms with Crippen molar-refractivity contribution in [3.8, 4) is 5.75 Å². The van der Waals surface area contributed by atoms with E-state index in [1.54, 1.807) is 17.0 Å². The topological polar surface area (TPSA) is 53.0 Å². The summed E-state index contributed by atoms with van der Waals surface area (Å²) in [6.45, 7) is 6.30. The van der Waals surface area contributed by atoms with E-state index < -0.39 is 0 Å². The number of rotatable bonds is 9. The van der Waals surface area contributed by atoms with E-state index in [9.17, 15) is 9.90 Å². The molecule has 1 aliphatic rings. The van der Waals surface area contributed by atoms with Gasteiger partial charge in [-0.25, -0.2) is 0 Å². The Morgan fingerprint density at radius 2 is 1.94 bits per heavy atom. The molecule has 7 heteroatoms. The van der Waals surface area contributed by atoms with Crippen molar-refractivity contribution >= 4 is 29.1 Å². The van der Waals surface area contributed by atoms with Gasteiger partial charge >= 0.3 is 0 Å². The van der Waals surface area contributed by atoms with E-state index in [0.29, 0.717) is 15.8 Å². The Labute approximate surface area is 193 Å². The molecule has 31 heavy (non-hydrogen) atoms. The number of aliphatic hydroxyl groups excluding tert-OH is 1. The Hall–Kier alpha value is -2.21. The molecular formula is C24H28Cl2N2O3. The van der Waals surface area contributed by atoms with Crippen molar-refractivity contribution in [3.63, 3.8) is 0 Å². The third kappa shape index (κ3) is 6.63. The Kier molecular flexibility index (Phi) is 8.24. The minimum atomic E-state index is -0.130. The van der Waals surface area contributed by atoms with Crippen LogP contribution in [-0.4, -0.2) is 54.1 Å². The molecule has 1 N–H and O–H groups in total. The highest BCUT2D eigenvalue weighted by molar-refractivity contribution is 6.42. The average molecular weight is 463 g/mol. The van der Waals surface area contributed by atoms with E-state index in [-0.39, 0.29) is 30.7 Å². The highest BCUT2D eigenvalue weighted by Gasteiger charge is 2.26. The zero-order valence-electron chi connectivity index (χ0n) is 17.7. The minimum absolute atomic E-state index is 0.00218. The van der Waals surface area contributed by atoms with Crippen LogP contribution in [-0.2, 0) is 11.2 Å². The molecular weight excluding hydrogens is 435 g/mol. The van der Waals surface area contributed by atoms with E-state index in [1.807, 2.05) is 37.4 Å². The number of amides is 1. The zero-order valence-corrected chi connectivity index (χ0v) is 19.2. The number of hydrogen-bond acceptors (Lipinski definition) is 4. The molecule has 1 fully saturated rings. The molecule has 0 bridgehead atoms. The first-order chi connectivity index (χ1) is 14.8. The molecule has 0 aliphatic carbocycles. The number of carbonyl (C=O) groups is 1. The zero-order chi connectivity index (χ0) is 22.4. The third-order valence-electron chi connectivity index (χ3n) is 5.48. The summed E-state index contributed by atoms with van der Waals surface area (Å²) in [6.07, 6.45) is 2.59. The van der Waals surface area contributed by atoms with Crippen molar-refractivity contribution < 1.29 is 14.6 Å². The van der Waals surface area contributed by atoms with Crippen LogP contribution >= 0.6 is 23.2 Å². The van der Waals surface area contributed by atoms with Gasteiger partial charge in [0.25, 0.3) is 0 Å². The maximum atomic E-state index is 13.2. The summed E-state index contributed by atoms with van der Waals surface area (Å²) in [6, 6.07) is 12.8. The predicted molar refractivity (Wildman–Crippen MR) is 125 cm³/mol. The van der Waals surface area contributed by atoms with Gasteiger partial charge in [-0.05, 0) is 61.3 Å². The Balaban J connectivity index is 1.80. The van der Waals surface area contributed by atoms with Crippen LogP contribution in [0, 0.1) is 0 Å². The number of ether oxygens (including phenoxy) is 1. The number of carbonyl (C=O) groups excluding carboxylic acids is 1. The number of likely N-dealkylation sites (tertiary alicyclic amines) is 1. The number of hydrogen-bond donors (Lipinski definition) is 1. The molecule has 1 atom stereocenters. The lowest BCUT2D eigenvalue weighted by atomic mass is 10.0. The van der Waals surface area contributed by atoms with Gasteiger partial charge in [0.2, 0.25) is 5.91 Å². The van der Waals surface area contributed by atoms with Crippen LogP contribution in [0.5, 0.6) is 5.75 Å². The van der Waals surface area contributed by atoms with Crippen molar-refractivity contribution in [3.05, 3.63) is 76.0 Å². The summed E-state index contributed by atoms with van der Waals surface area (Å²) in [5, 5.41) is 10.2. The van der Waals surface area contributed by atoms with Crippen LogP contribution in [0.3, 0.4) is 0 Å². The standard InChI is InChI=1S/C24H28Cl2N2O3/c1-17(29)16-31-20-7-5-6-19(14-20)23(15-28-10-3-4-11-28)27(2)24(30)13-18-8-9-21(25)22(26)12-18/h5-9,12,14,23,29H,1,3-4,10-11,13,15-16H2,2H3. The summed E-state index contributed by atoms with van der Waals surface area (Å²) in [5.41, 5.74) is 1.81. The fourth-order valence-corrected chi connectivity index (χ4v) is 4.08. The molecule has 1 unspecified atom stereocenters. The first-order valence-electron chi connectivity index (χ1n) is 10.3. The molecule has 1 aliphatic heterocycles. The summed E-state index contributed by atoms with van der Waals surface area (Å²) >= 11 is 12.1. The van der Waals surface area contributed by atoms with E-state index in [0.717, 1.165) is 30.8 Å². The van der Waals surface area contributed by atoms with Gasteiger partial charge < -0.3 is 19.6 Å². The lowest BCUT2D eigenvalue weighted by molar-refractivity contribution is -0.131. The van der Waals surface area contributed by atoms with Crippen LogP contribution in [0.4, 0.5) is 0 Å². The lowest BCUT2D eigenvalue weighted by Crippen LogP contribution is -2.39. The smallest absolute Gasteiger partial charge is 0.227 e. The van der Waals surface area contributed by atoms with Gasteiger partial charge in [0.15, 0.2) is 0 Å². The van der Waals surface area contributed by atoms with Gasteiger partial charge in [0.05, 0.1) is 22.5 Å². The van der Waals surface area contributed by atoms with E-state index in [1.165, 1.54) is 12.8 Å². The van der Waals surface area contributed by atoms with Gasteiger partial charge in [0.1, 0.15) is 18.1 Å². The molecule has 0 radical (unpaired) electrons. The Morgan fingerprint density at radius 1 is 1.19 bits per heavy atom. The molecule has 0 aromatic heterocycles. The number of halogens is 2. The van der Waals surface area contributed by atoms with Crippen LogP contribution in [0.1, 0.15) is 30.0 Å². The average Bonchev–Trinajstić information content (AvgIpc) is 3.26. The van der Waals surface area contributed by atoms with Crippen molar-refractivity contribution in [1.82, 2.24) is 9.80 Å². The van der Waals surface area contributed by atoms with Gasteiger partial charge in [-0.1, -0.05) is 48.0 Å². The third-order valence-corrected chi connectivity index (χ3v) is 6.22. The monoisotopic (exact) mass is 462 g/mol. The predicted octanol–water partition coefficient (Wildman–Crippen LogP) is 5.28. The maximum absolute atomic E-state index is 13.2. The van der Waals surface area contributed by atoms with Crippen LogP contribution in [0.2, 0.25) is 10.0 Å². The molecule has 0 saturated carbocycles. The van der Waals surface area contributed by atoms with E-state index >= 15 is 0 Å². The first-order valence-corrected chi connectivity index (χ1v) is 11.1. The quantitative estimate of drug-likeness (QED) is 0.514. The summed E-state index contributed by atoms with van der Waals surface area (Å²) < 4.78 is 5.59. The Bertz CT molecular complexity index is 929. The molecule has 166 valence electrons. The molecule has 1 heterocycles. The maximum Gasteiger partial charge on any atom is 0.227 e. The van der Waals surface area contributed by atoms with Crippen molar-refractivity contribution in [2.24, 2.45) is 0 Å². The second-order valence-corrected chi connectivity index (χ2v) is 8.70. The summed E-state index contributed by atoms with van der Waals surface area (Å²) in [4.78, 5) is 17.3. The van der Waals surface area contributed by atoms with Crippen molar-refractivity contribution in [1.29, 1.82) is 0 Å². The fraction of sp³-hybridized carbons (Fsp3) is 0.375. The van der Waals surface area contributed by atoms with E-state index in [4.69, 9.17) is 27.9 Å². The fourth-order valence-electron chi connectivity index (χ4n) is 3.76. The van der Waals surface area contributed by atoms with Crippen LogP contribution < -0.4 is 4.74 Å². The second kappa shape index (κ2) is 10.9. The normalized spacial score (nSPS) is 14.9. The van der Waals surface area contributed by atoms with Gasteiger partial charge in [0, 0.05) is 13.6 Å². The molecule has 0 spiro atoms. The molecule has 2 aromatic rings. The Morgan fingerprint density at radius 3 is 2.61 bits per heavy atom. The molecule has 2 aromatic carbocycles. The van der Waals surface area contributed by atoms with Gasteiger partial charge in [-0.3, -0.25) is 4.79 Å². The summed E-state index contributed by atoms with van der Waals surface area (Å²) in [5.74, 6) is 0.593. The first kappa shape index (κ1) is 23.5. The lowest BCUT2D eigenvalue weighted by Gasteiger charge is -2.32. The molecule has 3 rings (SSSR count). The number of aliphatic hydroxyl groups is 1. The molecule has 1 amide bonds. The SMILES string of the molecule is C=C(O)COc1cccc(C(CN2CCCC2)N(C)C(=O)Cc2ccc(Cl)c(Cl)c2)c1. The number of benzene rings is 2. The largest absolute Gasteiger partial charge is 0.509 e. The van der Waals surface area contributed by atoms with Crippen LogP contribution in [0.25, 0.3) is 0 Å². The number of nitrogens with zero attached hydrogens (tertiary/aromatic N) is 2. The van der Waals surface area contributed by atoms with Gasteiger partial charge in [-0.2, -0.15) is 0 Å². The highest BCUT2D eigenvalue weighted by Crippen LogP contribution is 2.28. The summed E-state index contributed by atoms with van der Waals surface area (Å²) in [7, 11) is 1.84. The van der Waals surface area contributed by atoms with Gasteiger partial charge in [-0.15, -0.1) is 0 Å². The number of likely N-dealkylation sites (N-methyl/N-ethyl adjacent to an activating group) is 1. The minimum Gasteiger partial charge on any atom is -0.509 e. The van der Waals surface area contributed by atoms with Crippen molar-refractivity contribution in [2.45, 2.75) is 25.3 Å². The second-order valence-electron chi connectivity index (χ2n) is 7.88. The molecule has 1 saturated heterocycles. The molecule has 5 nitrogen and oxygen atoms in total. The van der Waals surface area contributed by atoms with Crippen molar-refractivity contribution in [2.75, 3.05) is 33.3 Å².